The fourth-order valence-corrected chi connectivity index (χ4v) is 1.22. The van der Waals surface area contributed by atoms with E-state index in [0.717, 1.165) is 12.1 Å². The fraction of sp³-hybridized carbons (Fsp3) is 0.400. The topological polar surface area (TPSA) is 12.0 Å². The van der Waals surface area contributed by atoms with Crippen LogP contribution < -0.4 is 5.32 Å². The zero-order valence-corrected chi connectivity index (χ0v) is 9.36. The smallest absolute Gasteiger partial charge is 0.139 e. The highest BCUT2D eigenvalue weighted by Crippen LogP contribution is 2.19. The summed E-state index contributed by atoms with van der Waals surface area (Å²) in [5.74, 6) is -0.228. The zero-order chi connectivity index (χ0) is 9.84. The van der Waals surface area contributed by atoms with Crippen LogP contribution in [0, 0.1) is 5.82 Å². The van der Waals surface area contributed by atoms with Crippen molar-refractivity contribution in [2.45, 2.75) is 26.3 Å². The Morgan fingerprint density at radius 3 is 2.77 bits per heavy atom. The summed E-state index contributed by atoms with van der Waals surface area (Å²) in [4.78, 5) is 0. The van der Waals surface area contributed by atoms with Gasteiger partial charge in [0.2, 0.25) is 0 Å². The predicted molar refractivity (Wildman–Crippen MR) is 57.5 cm³/mol. The highest BCUT2D eigenvalue weighted by molar-refractivity contribution is 9.10. The van der Waals surface area contributed by atoms with Crippen LogP contribution in [-0.2, 0) is 0 Å². The van der Waals surface area contributed by atoms with Gasteiger partial charge < -0.3 is 5.32 Å². The fourth-order valence-electron chi connectivity index (χ4n) is 0.972. The molecule has 1 aromatic rings. The van der Waals surface area contributed by atoms with E-state index >= 15 is 0 Å². The van der Waals surface area contributed by atoms with E-state index in [1.54, 1.807) is 6.07 Å². The van der Waals surface area contributed by atoms with Crippen LogP contribution >= 0.6 is 15.9 Å². The molecule has 0 aliphatic carbocycles. The number of anilines is 1. The Labute approximate surface area is 86.5 Å². The van der Waals surface area contributed by atoms with Gasteiger partial charge in [-0.3, -0.25) is 0 Å². The Balaban J connectivity index is 2.73. The lowest BCUT2D eigenvalue weighted by molar-refractivity contribution is 0.621. The molecular weight excluding hydrogens is 233 g/mol. The van der Waals surface area contributed by atoms with Crippen LogP contribution in [0.1, 0.15) is 20.3 Å². The maximum Gasteiger partial charge on any atom is 0.139 e. The number of benzene rings is 1. The van der Waals surface area contributed by atoms with Crippen LogP contribution in [0.2, 0.25) is 0 Å². The number of hydrogen-bond acceptors (Lipinski definition) is 1. The van der Waals surface area contributed by atoms with Gasteiger partial charge >= 0.3 is 0 Å². The summed E-state index contributed by atoms with van der Waals surface area (Å²) in [7, 11) is 0. The van der Waals surface area contributed by atoms with Gasteiger partial charge in [0.1, 0.15) is 5.82 Å². The maximum atomic E-state index is 13.0. The van der Waals surface area contributed by atoms with Gasteiger partial charge in [-0.2, -0.15) is 0 Å². The Morgan fingerprint density at radius 2 is 2.23 bits per heavy atom. The van der Waals surface area contributed by atoms with E-state index in [-0.39, 0.29) is 5.82 Å². The van der Waals surface area contributed by atoms with Crippen LogP contribution in [0.3, 0.4) is 0 Å². The second-order valence-corrected chi connectivity index (χ2v) is 3.94. The summed E-state index contributed by atoms with van der Waals surface area (Å²) in [6.45, 7) is 4.16. The average molecular weight is 246 g/mol. The third-order valence-electron chi connectivity index (χ3n) is 1.95. The van der Waals surface area contributed by atoms with Gasteiger partial charge in [-0.1, -0.05) is 6.92 Å². The molecule has 3 heteroatoms. The Hall–Kier alpha value is -0.570. The van der Waals surface area contributed by atoms with E-state index in [1.807, 2.05) is 6.07 Å². The van der Waals surface area contributed by atoms with E-state index in [0.29, 0.717) is 10.5 Å². The highest BCUT2D eigenvalue weighted by Gasteiger charge is 2.02. The quantitative estimate of drug-likeness (QED) is 0.855. The van der Waals surface area contributed by atoms with E-state index in [1.165, 1.54) is 6.07 Å². The molecule has 0 spiro atoms. The monoisotopic (exact) mass is 245 g/mol. The van der Waals surface area contributed by atoms with Gasteiger partial charge in [0.05, 0.1) is 4.47 Å². The Kier molecular flexibility index (Phi) is 3.72. The van der Waals surface area contributed by atoms with Crippen molar-refractivity contribution >= 4 is 21.6 Å². The molecule has 0 heterocycles. The first-order valence-electron chi connectivity index (χ1n) is 4.35. The van der Waals surface area contributed by atoms with Gasteiger partial charge in [0.15, 0.2) is 0 Å². The molecule has 1 atom stereocenters. The molecule has 0 aliphatic rings. The summed E-state index contributed by atoms with van der Waals surface area (Å²) in [6, 6.07) is 5.44. The molecule has 0 aromatic heterocycles. The molecule has 1 nitrogen and oxygen atoms in total. The minimum Gasteiger partial charge on any atom is -0.383 e. The average Bonchev–Trinajstić information content (AvgIpc) is 2.11. The third kappa shape index (κ3) is 2.99. The van der Waals surface area contributed by atoms with Crippen molar-refractivity contribution in [3.05, 3.63) is 28.5 Å². The summed E-state index contributed by atoms with van der Waals surface area (Å²) in [5, 5.41) is 3.20. The molecule has 1 aromatic carbocycles. The summed E-state index contributed by atoms with van der Waals surface area (Å²) >= 11 is 3.11. The summed E-state index contributed by atoms with van der Waals surface area (Å²) in [6.07, 6.45) is 1.03. The second-order valence-electron chi connectivity index (χ2n) is 3.08. The van der Waals surface area contributed by atoms with Crippen molar-refractivity contribution in [2.75, 3.05) is 5.32 Å². The first-order valence-corrected chi connectivity index (χ1v) is 5.14. The van der Waals surface area contributed by atoms with Gasteiger partial charge in [-0.25, -0.2) is 4.39 Å². The van der Waals surface area contributed by atoms with Crippen LogP contribution in [0.4, 0.5) is 10.1 Å². The van der Waals surface area contributed by atoms with Crippen LogP contribution in [0.15, 0.2) is 22.7 Å². The zero-order valence-electron chi connectivity index (χ0n) is 7.77. The van der Waals surface area contributed by atoms with Gasteiger partial charge in [-0.15, -0.1) is 0 Å². The van der Waals surface area contributed by atoms with Crippen molar-refractivity contribution in [1.29, 1.82) is 0 Å². The highest BCUT2D eigenvalue weighted by atomic mass is 79.9. The van der Waals surface area contributed by atoms with Crippen LogP contribution in [-0.4, -0.2) is 6.04 Å². The SMILES string of the molecule is CCC(C)Nc1ccc(Br)c(F)c1. The first kappa shape index (κ1) is 10.5. The van der Waals surface area contributed by atoms with Crippen molar-refractivity contribution in [1.82, 2.24) is 0 Å². The van der Waals surface area contributed by atoms with Gasteiger partial charge in [0, 0.05) is 11.7 Å². The molecular formula is C10H13BrFN. The van der Waals surface area contributed by atoms with Crippen molar-refractivity contribution in [2.24, 2.45) is 0 Å². The summed E-state index contributed by atoms with van der Waals surface area (Å²) < 4.78 is 13.5. The third-order valence-corrected chi connectivity index (χ3v) is 2.59. The standard InChI is InChI=1S/C10H13BrFN/c1-3-7(2)13-8-4-5-9(11)10(12)6-8/h4-7,13H,3H2,1-2H3. The molecule has 1 rings (SSSR count). The number of hydrogen-bond donors (Lipinski definition) is 1. The molecule has 0 radical (unpaired) electrons. The minimum absolute atomic E-state index is 0.228. The normalized spacial score (nSPS) is 12.6. The molecule has 0 bridgehead atoms. The number of halogens is 2. The molecule has 1 N–H and O–H groups in total. The molecule has 1 unspecified atom stereocenters. The summed E-state index contributed by atoms with van der Waals surface area (Å²) in [5.41, 5.74) is 0.829. The number of rotatable bonds is 3. The van der Waals surface area contributed by atoms with Gasteiger partial charge in [0.25, 0.3) is 0 Å². The maximum absolute atomic E-state index is 13.0. The van der Waals surface area contributed by atoms with Crippen molar-refractivity contribution in [3.8, 4) is 0 Å². The second kappa shape index (κ2) is 4.61. The lowest BCUT2D eigenvalue weighted by Crippen LogP contribution is -2.13. The molecule has 72 valence electrons. The van der Waals surface area contributed by atoms with Crippen LogP contribution in [0.25, 0.3) is 0 Å². The first-order chi connectivity index (χ1) is 6.13. The largest absolute Gasteiger partial charge is 0.383 e. The van der Waals surface area contributed by atoms with Crippen molar-refractivity contribution in [3.63, 3.8) is 0 Å². The van der Waals surface area contributed by atoms with E-state index in [2.05, 4.69) is 35.1 Å². The van der Waals surface area contributed by atoms with Crippen molar-refractivity contribution < 1.29 is 4.39 Å². The Bertz CT molecular complexity index is 288. The van der Waals surface area contributed by atoms with Gasteiger partial charge in [-0.05, 0) is 47.5 Å². The molecule has 0 saturated carbocycles. The van der Waals surface area contributed by atoms with E-state index in [9.17, 15) is 4.39 Å². The molecule has 13 heavy (non-hydrogen) atoms. The number of nitrogens with one attached hydrogen (secondary N) is 1. The molecule has 0 amide bonds. The molecule has 0 fully saturated rings. The molecule has 0 aliphatic heterocycles. The predicted octanol–water partition coefficient (Wildman–Crippen LogP) is 3.80. The van der Waals surface area contributed by atoms with E-state index < -0.39 is 0 Å². The minimum atomic E-state index is -0.228. The lowest BCUT2D eigenvalue weighted by atomic mass is 10.2. The van der Waals surface area contributed by atoms with Crippen LogP contribution in [0.5, 0.6) is 0 Å². The Morgan fingerprint density at radius 1 is 1.54 bits per heavy atom. The molecule has 0 saturated heterocycles. The lowest BCUT2D eigenvalue weighted by Gasteiger charge is -2.12. The van der Waals surface area contributed by atoms with E-state index in [4.69, 9.17) is 0 Å².